The largest absolute Gasteiger partial charge is 0.395 e. The maximum absolute atomic E-state index is 8.42. The lowest BCUT2D eigenvalue weighted by atomic mass is 10.4. The fourth-order valence-electron chi connectivity index (χ4n) is 0.664. The van der Waals surface area contributed by atoms with Crippen molar-refractivity contribution < 1.29 is 5.11 Å². The first-order chi connectivity index (χ1) is 5.22. The molecule has 0 saturated carbocycles. The smallest absolute Gasteiger partial charge is 0.0558 e. The molecule has 0 atom stereocenters. The lowest BCUT2D eigenvalue weighted by Gasteiger charge is -2.12. The van der Waals surface area contributed by atoms with Gasteiger partial charge >= 0.3 is 0 Å². The molecular formula is C8H22N2O. The molecule has 3 heteroatoms. The molecule has 0 bridgehead atoms. The van der Waals surface area contributed by atoms with Crippen LogP contribution in [0.4, 0.5) is 0 Å². The van der Waals surface area contributed by atoms with Gasteiger partial charge in [0.25, 0.3) is 0 Å². The van der Waals surface area contributed by atoms with Crippen molar-refractivity contribution in [1.82, 2.24) is 10.2 Å². The summed E-state index contributed by atoms with van der Waals surface area (Å²) in [6, 6.07) is 0. The summed E-state index contributed by atoms with van der Waals surface area (Å²) in [6.07, 6.45) is 1.16. The number of nitrogens with zero attached hydrogens (tertiary/aromatic N) is 1. The van der Waals surface area contributed by atoms with Gasteiger partial charge in [-0.2, -0.15) is 0 Å². The molecule has 0 aromatic carbocycles. The van der Waals surface area contributed by atoms with Gasteiger partial charge in [-0.25, -0.2) is 0 Å². The number of hydrogen-bond acceptors (Lipinski definition) is 3. The van der Waals surface area contributed by atoms with E-state index in [0.717, 1.165) is 19.5 Å². The van der Waals surface area contributed by atoms with Crippen LogP contribution in [0.25, 0.3) is 0 Å². The van der Waals surface area contributed by atoms with E-state index in [-0.39, 0.29) is 6.61 Å². The SMILES string of the molecule is CCCN(C)CCO.CNC. The van der Waals surface area contributed by atoms with E-state index in [4.69, 9.17) is 5.11 Å². The van der Waals surface area contributed by atoms with Gasteiger partial charge in [0.1, 0.15) is 0 Å². The summed E-state index contributed by atoms with van der Waals surface area (Å²) in [5.74, 6) is 0. The van der Waals surface area contributed by atoms with Crippen LogP contribution in [-0.4, -0.2) is 50.8 Å². The molecule has 0 aliphatic carbocycles. The minimum absolute atomic E-state index is 0.274. The summed E-state index contributed by atoms with van der Waals surface area (Å²) in [6.45, 7) is 4.29. The van der Waals surface area contributed by atoms with Crippen LogP contribution in [0.2, 0.25) is 0 Å². The molecular weight excluding hydrogens is 140 g/mol. The zero-order valence-corrected chi connectivity index (χ0v) is 8.22. The van der Waals surface area contributed by atoms with Gasteiger partial charge in [-0.1, -0.05) is 6.92 Å². The Bertz CT molecular complexity index is 54.1. The highest BCUT2D eigenvalue weighted by molar-refractivity contribution is 4.45. The van der Waals surface area contributed by atoms with E-state index in [2.05, 4.69) is 17.1 Å². The molecule has 0 rings (SSSR count). The Labute approximate surface area is 70.4 Å². The Morgan fingerprint density at radius 1 is 1.27 bits per heavy atom. The van der Waals surface area contributed by atoms with Crippen LogP contribution in [0.3, 0.4) is 0 Å². The van der Waals surface area contributed by atoms with Crippen LogP contribution in [0.5, 0.6) is 0 Å². The first-order valence-electron chi connectivity index (χ1n) is 4.10. The predicted molar refractivity (Wildman–Crippen MR) is 49.9 cm³/mol. The van der Waals surface area contributed by atoms with Crippen LogP contribution in [0, 0.1) is 0 Å². The zero-order chi connectivity index (χ0) is 9.11. The van der Waals surface area contributed by atoms with Crippen LogP contribution in [-0.2, 0) is 0 Å². The molecule has 0 unspecified atom stereocenters. The molecule has 2 N–H and O–H groups in total. The van der Waals surface area contributed by atoms with Gasteiger partial charge < -0.3 is 15.3 Å². The Kier molecular flexibility index (Phi) is 15.4. The van der Waals surface area contributed by atoms with E-state index in [0.29, 0.717) is 0 Å². The fourth-order valence-corrected chi connectivity index (χ4v) is 0.664. The summed E-state index contributed by atoms with van der Waals surface area (Å²) in [5, 5.41) is 11.2. The second-order valence-electron chi connectivity index (χ2n) is 2.53. The lowest BCUT2D eigenvalue weighted by molar-refractivity contribution is 0.222. The Morgan fingerprint density at radius 3 is 2.00 bits per heavy atom. The summed E-state index contributed by atoms with van der Waals surface area (Å²) in [4.78, 5) is 2.11. The maximum atomic E-state index is 8.42. The van der Waals surface area contributed by atoms with Crippen molar-refractivity contribution in [3.05, 3.63) is 0 Å². The standard InChI is InChI=1S/C6H15NO.C2H7N/c1-3-4-7(2)5-6-8;1-3-2/h8H,3-6H2,1-2H3;3H,1-2H3. The molecule has 11 heavy (non-hydrogen) atoms. The molecule has 0 fully saturated rings. The Morgan fingerprint density at radius 2 is 1.73 bits per heavy atom. The first-order valence-corrected chi connectivity index (χ1v) is 4.10. The van der Waals surface area contributed by atoms with Gasteiger partial charge in [-0.3, -0.25) is 0 Å². The molecule has 0 aromatic rings. The first kappa shape index (κ1) is 13.5. The van der Waals surface area contributed by atoms with Gasteiger partial charge in [0.05, 0.1) is 6.61 Å². The Balaban J connectivity index is 0. The van der Waals surface area contributed by atoms with E-state index >= 15 is 0 Å². The van der Waals surface area contributed by atoms with Crippen molar-refractivity contribution in [3.63, 3.8) is 0 Å². The molecule has 0 saturated heterocycles. The number of likely N-dealkylation sites (N-methyl/N-ethyl adjacent to an activating group) is 1. The van der Waals surface area contributed by atoms with Crippen LogP contribution < -0.4 is 5.32 Å². The number of hydrogen-bond donors (Lipinski definition) is 2. The number of aliphatic hydroxyl groups is 1. The normalized spacial score (nSPS) is 9.27. The topological polar surface area (TPSA) is 35.5 Å². The third-order valence-corrected chi connectivity index (χ3v) is 1.09. The highest BCUT2D eigenvalue weighted by atomic mass is 16.3. The quantitative estimate of drug-likeness (QED) is 0.618. The molecule has 70 valence electrons. The van der Waals surface area contributed by atoms with E-state index < -0.39 is 0 Å². The van der Waals surface area contributed by atoms with Crippen molar-refractivity contribution in [1.29, 1.82) is 0 Å². The van der Waals surface area contributed by atoms with Crippen LogP contribution in [0.15, 0.2) is 0 Å². The summed E-state index contributed by atoms with van der Waals surface area (Å²) < 4.78 is 0. The predicted octanol–water partition coefficient (Wildman–Crippen LogP) is 0.156. The molecule has 0 aliphatic heterocycles. The average Bonchev–Trinajstić information content (AvgIpc) is 1.90. The monoisotopic (exact) mass is 162 g/mol. The highest BCUT2D eigenvalue weighted by Crippen LogP contribution is 1.82. The average molecular weight is 162 g/mol. The molecule has 0 radical (unpaired) electrons. The second-order valence-corrected chi connectivity index (χ2v) is 2.53. The number of aliphatic hydroxyl groups excluding tert-OH is 1. The zero-order valence-electron chi connectivity index (χ0n) is 8.22. The fraction of sp³-hybridized carbons (Fsp3) is 1.00. The molecule has 3 nitrogen and oxygen atoms in total. The second kappa shape index (κ2) is 12.5. The summed E-state index contributed by atoms with van der Waals surface area (Å²) in [5.41, 5.74) is 0. The molecule has 0 aliphatic rings. The van der Waals surface area contributed by atoms with E-state index in [9.17, 15) is 0 Å². The van der Waals surface area contributed by atoms with Gasteiger partial charge in [0, 0.05) is 6.54 Å². The lowest BCUT2D eigenvalue weighted by Crippen LogP contribution is -2.22. The van der Waals surface area contributed by atoms with E-state index in [1.807, 2.05) is 21.1 Å². The third kappa shape index (κ3) is 17.7. The minimum Gasteiger partial charge on any atom is -0.395 e. The maximum Gasteiger partial charge on any atom is 0.0558 e. The van der Waals surface area contributed by atoms with Crippen LogP contribution in [0.1, 0.15) is 13.3 Å². The van der Waals surface area contributed by atoms with E-state index in [1.165, 1.54) is 0 Å². The number of nitrogens with one attached hydrogen (secondary N) is 1. The molecule has 0 spiro atoms. The third-order valence-electron chi connectivity index (χ3n) is 1.09. The van der Waals surface area contributed by atoms with Crippen molar-refractivity contribution in [2.24, 2.45) is 0 Å². The van der Waals surface area contributed by atoms with E-state index in [1.54, 1.807) is 0 Å². The van der Waals surface area contributed by atoms with Crippen molar-refractivity contribution in [3.8, 4) is 0 Å². The molecule has 0 aromatic heterocycles. The van der Waals surface area contributed by atoms with Gasteiger partial charge in [-0.05, 0) is 34.1 Å². The van der Waals surface area contributed by atoms with Crippen molar-refractivity contribution >= 4 is 0 Å². The molecule has 0 heterocycles. The van der Waals surface area contributed by atoms with Crippen molar-refractivity contribution in [2.45, 2.75) is 13.3 Å². The minimum atomic E-state index is 0.274. The Hall–Kier alpha value is -0.120. The highest BCUT2D eigenvalue weighted by Gasteiger charge is 1.91. The summed E-state index contributed by atoms with van der Waals surface area (Å²) >= 11 is 0. The number of rotatable bonds is 4. The summed E-state index contributed by atoms with van der Waals surface area (Å²) in [7, 11) is 5.76. The van der Waals surface area contributed by atoms with Crippen LogP contribution >= 0.6 is 0 Å². The van der Waals surface area contributed by atoms with Gasteiger partial charge in [0.15, 0.2) is 0 Å². The van der Waals surface area contributed by atoms with Crippen molar-refractivity contribution in [2.75, 3.05) is 40.8 Å². The van der Waals surface area contributed by atoms with Gasteiger partial charge in [0.2, 0.25) is 0 Å². The van der Waals surface area contributed by atoms with Gasteiger partial charge in [-0.15, -0.1) is 0 Å². The molecule has 0 amide bonds.